The first-order chi connectivity index (χ1) is 10.5. The van der Waals surface area contributed by atoms with Gasteiger partial charge >= 0.3 is 0 Å². The molecule has 116 valence electrons. The minimum Gasteiger partial charge on any atom is -0.342 e. The van der Waals surface area contributed by atoms with E-state index in [4.69, 9.17) is 0 Å². The summed E-state index contributed by atoms with van der Waals surface area (Å²) in [4.78, 5) is 22.7. The van der Waals surface area contributed by atoms with Crippen molar-refractivity contribution in [2.75, 3.05) is 13.1 Å². The van der Waals surface area contributed by atoms with Crippen LogP contribution in [0, 0.1) is 6.92 Å². The van der Waals surface area contributed by atoms with Gasteiger partial charge in [0.25, 0.3) is 0 Å². The molecule has 3 heterocycles. The highest BCUT2D eigenvalue weighted by molar-refractivity contribution is 5.73. The van der Waals surface area contributed by atoms with E-state index in [9.17, 15) is 4.79 Å². The lowest BCUT2D eigenvalue weighted by Crippen LogP contribution is -2.37. The third-order valence-corrected chi connectivity index (χ3v) is 4.23. The number of nitrogens with zero attached hydrogens (tertiary/aromatic N) is 5. The summed E-state index contributed by atoms with van der Waals surface area (Å²) in [5, 5.41) is 4.20. The first kappa shape index (κ1) is 14.7. The molecule has 6 nitrogen and oxygen atoms in total. The van der Waals surface area contributed by atoms with Crippen molar-refractivity contribution in [1.82, 2.24) is 24.6 Å². The lowest BCUT2D eigenvalue weighted by molar-refractivity contribution is -0.130. The van der Waals surface area contributed by atoms with Crippen LogP contribution in [0.4, 0.5) is 0 Å². The van der Waals surface area contributed by atoms with Gasteiger partial charge in [-0.3, -0.25) is 9.48 Å². The van der Waals surface area contributed by atoms with Crippen molar-refractivity contribution in [1.29, 1.82) is 0 Å². The summed E-state index contributed by atoms with van der Waals surface area (Å²) in [6, 6.07) is 3.99. The SMILES string of the molecule is CC(=O)N1CCC[C@H](c2cc(-c3ccnn3C)nc(C)n2)C1. The predicted molar refractivity (Wildman–Crippen MR) is 83.2 cm³/mol. The Kier molecular flexibility index (Phi) is 3.92. The maximum atomic E-state index is 11.6. The second kappa shape index (κ2) is 5.87. The van der Waals surface area contributed by atoms with Crippen LogP contribution in [-0.2, 0) is 11.8 Å². The van der Waals surface area contributed by atoms with Crippen molar-refractivity contribution in [3.05, 3.63) is 29.8 Å². The number of aryl methyl sites for hydroxylation is 2. The Labute approximate surface area is 130 Å². The maximum absolute atomic E-state index is 11.6. The van der Waals surface area contributed by atoms with E-state index in [1.54, 1.807) is 13.1 Å². The Morgan fingerprint density at radius 2 is 2.18 bits per heavy atom. The number of carbonyl (C=O) groups excluding carboxylic acids is 1. The van der Waals surface area contributed by atoms with Crippen molar-refractivity contribution in [2.24, 2.45) is 7.05 Å². The molecule has 0 saturated carbocycles. The highest BCUT2D eigenvalue weighted by Gasteiger charge is 2.24. The number of piperidine rings is 1. The highest BCUT2D eigenvalue weighted by atomic mass is 16.2. The molecule has 1 atom stereocenters. The van der Waals surface area contributed by atoms with Crippen molar-refractivity contribution in [2.45, 2.75) is 32.6 Å². The van der Waals surface area contributed by atoms with Gasteiger partial charge in [0.1, 0.15) is 5.82 Å². The van der Waals surface area contributed by atoms with Gasteiger partial charge in [0, 0.05) is 44.9 Å². The summed E-state index contributed by atoms with van der Waals surface area (Å²) in [5.41, 5.74) is 2.89. The second-order valence-electron chi connectivity index (χ2n) is 5.87. The molecule has 1 saturated heterocycles. The van der Waals surface area contributed by atoms with Crippen LogP contribution >= 0.6 is 0 Å². The highest BCUT2D eigenvalue weighted by Crippen LogP contribution is 2.28. The first-order valence-electron chi connectivity index (χ1n) is 7.64. The molecule has 1 amide bonds. The quantitative estimate of drug-likeness (QED) is 0.850. The Morgan fingerprint density at radius 3 is 2.86 bits per heavy atom. The van der Waals surface area contributed by atoms with Crippen LogP contribution < -0.4 is 0 Å². The van der Waals surface area contributed by atoms with Crippen LogP contribution in [0.5, 0.6) is 0 Å². The molecule has 6 heteroatoms. The number of amides is 1. The third-order valence-electron chi connectivity index (χ3n) is 4.23. The molecular weight excluding hydrogens is 278 g/mol. The molecule has 0 spiro atoms. The molecule has 1 aliphatic rings. The standard InChI is InChI=1S/C16H21N5O/c1-11-18-14(13-5-4-8-21(10-13)12(2)22)9-15(19-11)16-6-7-17-20(16)3/h6-7,9,13H,4-5,8,10H2,1-3H3/t13-/m0/s1. The van der Waals surface area contributed by atoms with Crippen molar-refractivity contribution in [3.63, 3.8) is 0 Å². The molecule has 0 aliphatic carbocycles. The van der Waals surface area contributed by atoms with Gasteiger partial charge in [-0.15, -0.1) is 0 Å². The minimum atomic E-state index is 0.141. The minimum absolute atomic E-state index is 0.141. The second-order valence-corrected chi connectivity index (χ2v) is 5.87. The zero-order valence-corrected chi connectivity index (χ0v) is 13.3. The van der Waals surface area contributed by atoms with E-state index in [1.165, 1.54) is 0 Å². The van der Waals surface area contributed by atoms with E-state index in [0.717, 1.165) is 48.8 Å². The van der Waals surface area contributed by atoms with Gasteiger partial charge in [-0.25, -0.2) is 9.97 Å². The van der Waals surface area contributed by atoms with Crippen molar-refractivity contribution >= 4 is 5.91 Å². The molecule has 22 heavy (non-hydrogen) atoms. The average Bonchev–Trinajstić information content (AvgIpc) is 2.93. The fourth-order valence-corrected chi connectivity index (χ4v) is 3.06. The predicted octanol–water partition coefficient (Wildman–Crippen LogP) is 1.91. The van der Waals surface area contributed by atoms with E-state index in [0.29, 0.717) is 0 Å². The summed E-state index contributed by atoms with van der Waals surface area (Å²) in [7, 11) is 1.91. The van der Waals surface area contributed by atoms with Gasteiger partial charge in [-0.1, -0.05) is 0 Å². The molecule has 0 N–H and O–H groups in total. The van der Waals surface area contributed by atoms with Gasteiger partial charge < -0.3 is 4.90 Å². The largest absolute Gasteiger partial charge is 0.342 e. The number of rotatable bonds is 2. The van der Waals surface area contributed by atoms with Gasteiger partial charge in [0.15, 0.2) is 0 Å². The zero-order valence-electron chi connectivity index (χ0n) is 13.3. The van der Waals surface area contributed by atoms with E-state index < -0.39 is 0 Å². The number of aromatic nitrogens is 4. The maximum Gasteiger partial charge on any atom is 0.219 e. The zero-order chi connectivity index (χ0) is 15.7. The Morgan fingerprint density at radius 1 is 1.36 bits per heavy atom. The van der Waals surface area contributed by atoms with Crippen LogP contribution in [0.1, 0.15) is 37.2 Å². The summed E-state index contributed by atoms with van der Waals surface area (Å²) in [6.45, 7) is 5.14. The number of hydrogen-bond acceptors (Lipinski definition) is 4. The third kappa shape index (κ3) is 2.86. The molecule has 1 aliphatic heterocycles. The first-order valence-corrected chi connectivity index (χ1v) is 7.64. The smallest absolute Gasteiger partial charge is 0.219 e. The van der Waals surface area contributed by atoms with Gasteiger partial charge in [0.05, 0.1) is 11.4 Å². The van der Waals surface area contributed by atoms with Crippen LogP contribution in [0.15, 0.2) is 18.3 Å². The Hall–Kier alpha value is -2.24. The van der Waals surface area contributed by atoms with Crippen molar-refractivity contribution < 1.29 is 4.79 Å². The Bertz CT molecular complexity index is 694. The summed E-state index contributed by atoms with van der Waals surface area (Å²) in [5.74, 6) is 1.18. The molecule has 0 aromatic carbocycles. The molecule has 0 bridgehead atoms. The average molecular weight is 299 g/mol. The summed E-state index contributed by atoms with van der Waals surface area (Å²) in [6.07, 6.45) is 3.85. The molecule has 1 fully saturated rings. The summed E-state index contributed by atoms with van der Waals surface area (Å²) < 4.78 is 1.81. The Balaban J connectivity index is 1.93. The van der Waals surface area contributed by atoms with E-state index >= 15 is 0 Å². The van der Waals surface area contributed by atoms with Gasteiger partial charge in [-0.2, -0.15) is 5.10 Å². The topological polar surface area (TPSA) is 63.9 Å². The van der Waals surface area contributed by atoms with Crippen LogP contribution in [-0.4, -0.2) is 43.6 Å². The molecule has 2 aromatic heterocycles. The van der Waals surface area contributed by atoms with Gasteiger partial charge in [-0.05, 0) is 31.9 Å². The van der Waals surface area contributed by atoms with Gasteiger partial charge in [0.2, 0.25) is 5.91 Å². The number of carbonyl (C=O) groups is 1. The lowest BCUT2D eigenvalue weighted by Gasteiger charge is -2.31. The molecular formula is C16H21N5O. The lowest BCUT2D eigenvalue weighted by atomic mass is 9.94. The fourth-order valence-electron chi connectivity index (χ4n) is 3.06. The van der Waals surface area contributed by atoms with E-state index in [2.05, 4.69) is 15.1 Å². The van der Waals surface area contributed by atoms with Crippen LogP contribution in [0.3, 0.4) is 0 Å². The normalized spacial score (nSPS) is 18.5. The summed E-state index contributed by atoms with van der Waals surface area (Å²) >= 11 is 0. The monoisotopic (exact) mass is 299 g/mol. The van der Waals surface area contributed by atoms with E-state index in [1.807, 2.05) is 35.7 Å². The van der Waals surface area contributed by atoms with Crippen LogP contribution in [0.2, 0.25) is 0 Å². The molecule has 0 radical (unpaired) electrons. The van der Waals surface area contributed by atoms with Crippen LogP contribution in [0.25, 0.3) is 11.4 Å². The molecule has 2 aromatic rings. The molecule has 0 unspecified atom stereocenters. The number of hydrogen-bond donors (Lipinski definition) is 0. The molecule has 3 rings (SSSR count). The van der Waals surface area contributed by atoms with Crippen molar-refractivity contribution in [3.8, 4) is 11.4 Å². The fraction of sp³-hybridized carbons (Fsp3) is 0.500. The van der Waals surface area contributed by atoms with E-state index in [-0.39, 0.29) is 11.8 Å². The number of likely N-dealkylation sites (tertiary alicyclic amines) is 1.